The van der Waals surface area contributed by atoms with E-state index < -0.39 is 0 Å². The zero-order valence-electron chi connectivity index (χ0n) is 22.1. The van der Waals surface area contributed by atoms with E-state index in [2.05, 4.69) is 132 Å². The van der Waals surface area contributed by atoms with Crippen LogP contribution in [0.3, 0.4) is 0 Å². The summed E-state index contributed by atoms with van der Waals surface area (Å²) in [5.74, 6) is 0. The number of rotatable bonds is 4. The zero-order valence-corrected chi connectivity index (χ0v) is 23.0. The molecule has 0 saturated carbocycles. The van der Waals surface area contributed by atoms with Gasteiger partial charge in [0.25, 0.3) is 0 Å². The Kier molecular flexibility index (Phi) is 5.97. The number of fused-ring (bicyclic) bond motifs is 3. The molecule has 6 rings (SSSR count). The Morgan fingerprint density at radius 1 is 0.763 bits per heavy atom. The third-order valence-corrected chi connectivity index (χ3v) is 8.14. The van der Waals surface area contributed by atoms with Crippen LogP contribution in [0, 0.1) is 13.8 Å². The maximum atomic E-state index is 4.67. The molecule has 0 nitrogen and oxygen atoms in total. The Hall–Kier alpha value is -4.07. The smallest absolute Gasteiger partial charge is 0.00461 e. The van der Waals surface area contributed by atoms with Crippen molar-refractivity contribution in [3.8, 4) is 44.5 Å². The molecular weight excluding hydrogens is 476 g/mol. The number of allylic oxidation sites excluding steroid dienone is 2. The van der Waals surface area contributed by atoms with Crippen molar-refractivity contribution >= 4 is 42.1 Å². The predicted octanol–water partition coefficient (Wildman–Crippen LogP) is 9.14. The summed E-state index contributed by atoms with van der Waals surface area (Å²) in [4.78, 5) is 0.944. The Labute approximate surface area is 230 Å². The summed E-state index contributed by atoms with van der Waals surface area (Å²) in [6, 6.07) is 26.5. The van der Waals surface area contributed by atoms with Crippen molar-refractivity contribution in [2.24, 2.45) is 0 Å². The van der Waals surface area contributed by atoms with Crippen molar-refractivity contribution in [2.45, 2.75) is 25.7 Å². The molecule has 0 aliphatic heterocycles. The van der Waals surface area contributed by atoms with E-state index in [1.54, 1.807) is 0 Å². The molecule has 0 fully saturated rings. The molecule has 0 aromatic heterocycles. The first kappa shape index (κ1) is 24.3. The van der Waals surface area contributed by atoms with Crippen molar-refractivity contribution in [3.63, 3.8) is 0 Å². The summed E-state index contributed by atoms with van der Waals surface area (Å²) in [5.41, 5.74) is 13.7. The lowest BCUT2D eigenvalue weighted by Gasteiger charge is -2.16. The predicted molar refractivity (Wildman–Crippen MR) is 170 cm³/mol. The first-order valence-corrected chi connectivity index (χ1v) is 13.5. The van der Waals surface area contributed by atoms with E-state index in [0.717, 1.165) is 20.9 Å². The highest BCUT2D eigenvalue weighted by atomic mass is 32.1. The van der Waals surface area contributed by atoms with E-state index in [-0.39, 0.29) is 0 Å². The van der Waals surface area contributed by atoms with Gasteiger partial charge in [0.15, 0.2) is 0 Å². The van der Waals surface area contributed by atoms with Crippen LogP contribution in [0.5, 0.6) is 0 Å². The fourth-order valence-corrected chi connectivity index (χ4v) is 6.29. The lowest BCUT2D eigenvalue weighted by Crippen LogP contribution is -2.29. The van der Waals surface area contributed by atoms with Crippen molar-refractivity contribution in [3.05, 3.63) is 119 Å². The van der Waals surface area contributed by atoms with E-state index in [1.807, 2.05) is 12.1 Å². The van der Waals surface area contributed by atoms with Crippen LogP contribution < -0.4 is 10.4 Å². The number of thiol groups is 1. The normalized spacial score (nSPS) is 12.5. The van der Waals surface area contributed by atoms with Gasteiger partial charge < -0.3 is 0 Å². The largest absolute Gasteiger partial charge is 0.143 e. The standard InChI is InChI=1S/C37H30S/c1-6-10-25-20-26(17-16-22(25)3)30-18-19-33-36-31(30)14-9-15-32(36)34-24(5)23(4)29(11-7-2)35(37(33)34)27-12-8-13-28(38)21-27/h6-21,38H,2,4H2,1,3,5H3/b10-6-,29-11+. The first-order chi connectivity index (χ1) is 18.4. The van der Waals surface area contributed by atoms with Crippen LogP contribution >= 0.6 is 12.6 Å². The van der Waals surface area contributed by atoms with Crippen LogP contribution in [-0.2, 0) is 0 Å². The number of benzene rings is 5. The molecule has 0 saturated heterocycles. The SMILES string of the molecule is C=C/C=c1/c(-c2cccc(S)c2)c2c(c(C)c1=C)-c1cccc3c(-c4ccc(C)c(/C=C\C)c4)ccc-2c13. The van der Waals surface area contributed by atoms with Gasteiger partial charge in [-0.25, -0.2) is 0 Å². The maximum Gasteiger partial charge on any atom is 0.00461 e. The average molecular weight is 507 g/mol. The number of aryl methyl sites for hydroxylation is 1. The molecule has 0 amide bonds. The van der Waals surface area contributed by atoms with Crippen molar-refractivity contribution in [2.75, 3.05) is 0 Å². The van der Waals surface area contributed by atoms with Crippen molar-refractivity contribution in [1.29, 1.82) is 0 Å². The molecular formula is C37H30S. The van der Waals surface area contributed by atoms with Crippen LogP contribution in [0.1, 0.15) is 23.6 Å². The van der Waals surface area contributed by atoms with Gasteiger partial charge in [0.05, 0.1) is 0 Å². The molecule has 184 valence electrons. The van der Waals surface area contributed by atoms with Crippen molar-refractivity contribution in [1.82, 2.24) is 0 Å². The minimum Gasteiger partial charge on any atom is -0.143 e. The van der Waals surface area contributed by atoms with Gasteiger partial charge in [-0.3, -0.25) is 0 Å². The van der Waals surface area contributed by atoms with Crippen LogP contribution in [0.25, 0.3) is 74.0 Å². The summed E-state index contributed by atoms with van der Waals surface area (Å²) >= 11 is 4.67. The second-order valence-electron chi connectivity index (χ2n) is 10.1. The van der Waals surface area contributed by atoms with E-state index >= 15 is 0 Å². The lowest BCUT2D eigenvalue weighted by atomic mass is 9.87. The molecule has 0 atom stereocenters. The first-order valence-electron chi connectivity index (χ1n) is 13.0. The third kappa shape index (κ3) is 3.61. The summed E-state index contributed by atoms with van der Waals surface area (Å²) in [5, 5.41) is 4.76. The summed E-state index contributed by atoms with van der Waals surface area (Å²) < 4.78 is 0. The van der Waals surface area contributed by atoms with E-state index in [9.17, 15) is 0 Å². The van der Waals surface area contributed by atoms with E-state index in [4.69, 9.17) is 0 Å². The minimum atomic E-state index is 0.944. The van der Waals surface area contributed by atoms with Gasteiger partial charge >= 0.3 is 0 Å². The van der Waals surface area contributed by atoms with Gasteiger partial charge in [0.2, 0.25) is 0 Å². The highest BCUT2D eigenvalue weighted by Gasteiger charge is 2.28. The molecule has 0 radical (unpaired) electrons. The van der Waals surface area contributed by atoms with Gasteiger partial charge in [-0.05, 0) is 121 Å². The van der Waals surface area contributed by atoms with Crippen molar-refractivity contribution < 1.29 is 0 Å². The monoisotopic (exact) mass is 506 g/mol. The molecule has 0 spiro atoms. The Morgan fingerprint density at radius 3 is 2.29 bits per heavy atom. The molecule has 5 aromatic rings. The van der Waals surface area contributed by atoms with Gasteiger partial charge in [-0.15, -0.1) is 12.6 Å². The second kappa shape index (κ2) is 9.35. The molecule has 38 heavy (non-hydrogen) atoms. The molecule has 0 N–H and O–H groups in total. The molecule has 0 bridgehead atoms. The highest BCUT2D eigenvalue weighted by Crippen LogP contribution is 2.52. The molecule has 1 aliphatic carbocycles. The number of hydrogen-bond acceptors (Lipinski definition) is 1. The van der Waals surface area contributed by atoms with Gasteiger partial charge in [-0.2, -0.15) is 0 Å². The quantitative estimate of drug-likeness (QED) is 0.226. The Bertz CT molecular complexity index is 1940. The van der Waals surface area contributed by atoms with E-state index in [0.29, 0.717) is 0 Å². The van der Waals surface area contributed by atoms with Crippen LogP contribution in [0.4, 0.5) is 0 Å². The third-order valence-electron chi connectivity index (χ3n) is 7.86. The van der Waals surface area contributed by atoms with E-state index in [1.165, 1.54) is 66.4 Å². The molecule has 1 heteroatoms. The summed E-state index contributed by atoms with van der Waals surface area (Å²) in [6.45, 7) is 15.0. The molecule has 1 aliphatic rings. The minimum absolute atomic E-state index is 0.944. The Balaban J connectivity index is 1.74. The maximum absolute atomic E-state index is 4.67. The van der Waals surface area contributed by atoms with Gasteiger partial charge in [0, 0.05) is 4.90 Å². The fourth-order valence-electron chi connectivity index (χ4n) is 6.06. The molecule has 5 aromatic carbocycles. The van der Waals surface area contributed by atoms with Crippen LogP contribution in [-0.4, -0.2) is 0 Å². The molecule has 0 unspecified atom stereocenters. The topological polar surface area (TPSA) is 0 Å². The molecule has 0 heterocycles. The number of hydrogen-bond donors (Lipinski definition) is 1. The van der Waals surface area contributed by atoms with Gasteiger partial charge in [-0.1, -0.05) is 92.1 Å². The van der Waals surface area contributed by atoms with Crippen LogP contribution in [0.15, 0.2) is 96.4 Å². The highest BCUT2D eigenvalue weighted by molar-refractivity contribution is 7.80. The van der Waals surface area contributed by atoms with Crippen LogP contribution in [0.2, 0.25) is 0 Å². The Morgan fingerprint density at radius 2 is 1.53 bits per heavy atom. The fraction of sp³-hybridized carbons (Fsp3) is 0.0811. The lowest BCUT2D eigenvalue weighted by molar-refractivity contribution is 1.37. The second-order valence-corrected chi connectivity index (χ2v) is 10.6. The summed E-state index contributed by atoms with van der Waals surface area (Å²) in [7, 11) is 0. The average Bonchev–Trinajstić information content (AvgIpc) is 3.25. The van der Waals surface area contributed by atoms with Gasteiger partial charge in [0.1, 0.15) is 0 Å². The zero-order chi connectivity index (χ0) is 26.6. The summed E-state index contributed by atoms with van der Waals surface area (Å²) in [6.07, 6.45) is 8.26.